The monoisotopic (exact) mass is 224 g/mol. The van der Waals surface area contributed by atoms with E-state index in [2.05, 4.69) is 0 Å². The van der Waals surface area contributed by atoms with E-state index in [1.54, 1.807) is 6.92 Å². The molecule has 1 aromatic carbocycles. The van der Waals surface area contributed by atoms with Crippen molar-refractivity contribution in [1.82, 2.24) is 0 Å². The summed E-state index contributed by atoms with van der Waals surface area (Å²) >= 11 is 7.52. The van der Waals surface area contributed by atoms with Gasteiger partial charge in [0.25, 0.3) is 0 Å². The van der Waals surface area contributed by atoms with E-state index in [1.807, 2.05) is 25.1 Å². The third kappa shape index (κ3) is 1.35. The third-order valence-corrected chi connectivity index (χ3v) is 4.10. The SMILES string of the molecule is CC(=O)c1sc2c(Cl)cccc2c1C. The summed E-state index contributed by atoms with van der Waals surface area (Å²) < 4.78 is 1.01. The molecule has 0 spiro atoms. The van der Waals surface area contributed by atoms with Crippen LogP contribution in [-0.4, -0.2) is 5.78 Å². The van der Waals surface area contributed by atoms with Gasteiger partial charge < -0.3 is 0 Å². The standard InChI is InChI=1S/C11H9ClOS/c1-6-8-4-3-5-9(12)11(8)14-10(6)7(2)13/h3-5H,1-2H3. The van der Waals surface area contributed by atoms with E-state index in [0.29, 0.717) is 0 Å². The fraction of sp³-hybridized carbons (Fsp3) is 0.182. The van der Waals surface area contributed by atoms with Crippen molar-refractivity contribution < 1.29 is 4.79 Å². The van der Waals surface area contributed by atoms with Gasteiger partial charge in [0.15, 0.2) is 5.78 Å². The predicted octanol–water partition coefficient (Wildman–Crippen LogP) is 4.07. The molecule has 1 aromatic heterocycles. The molecule has 1 nitrogen and oxygen atoms in total. The van der Waals surface area contributed by atoms with Crippen LogP contribution >= 0.6 is 22.9 Å². The maximum absolute atomic E-state index is 11.3. The molecule has 14 heavy (non-hydrogen) atoms. The Hall–Kier alpha value is -0.860. The first-order chi connectivity index (χ1) is 6.61. The number of carbonyl (C=O) groups is 1. The zero-order chi connectivity index (χ0) is 10.3. The second kappa shape index (κ2) is 3.37. The molecule has 0 atom stereocenters. The summed E-state index contributed by atoms with van der Waals surface area (Å²) in [6, 6.07) is 5.76. The lowest BCUT2D eigenvalue weighted by molar-refractivity contribution is 0.102. The van der Waals surface area contributed by atoms with E-state index in [9.17, 15) is 4.79 Å². The number of rotatable bonds is 1. The number of carbonyl (C=O) groups excluding carboxylic acids is 1. The topological polar surface area (TPSA) is 17.1 Å². The third-order valence-electron chi connectivity index (χ3n) is 2.24. The van der Waals surface area contributed by atoms with Crippen LogP contribution in [0.5, 0.6) is 0 Å². The Kier molecular flexibility index (Phi) is 2.33. The number of fused-ring (bicyclic) bond motifs is 1. The first kappa shape index (κ1) is 9.69. The van der Waals surface area contributed by atoms with Gasteiger partial charge in [-0.25, -0.2) is 0 Å². The summed E-state index contributed by atoms with van der Waals surface area (Å²) in [6.07, 6.45) is 0. The molecule has 0 N–H and O–H groups in total. The van der Waals surface area contributed by atoms with E-state index >= 15 is 0 Å². The lowest BCUT2D eigenvalue weighted by Crippen LogP contribution is -1.88. The molecule has 0 bridgehead atoms. The summed E-state index contributed by atoms with van der Waals surface area (Å²) in [7, 11) is 0. The zero-order valence-electron chi connectivity index (χ0n) is 7.93. The number of ketones is 1. The average Bonchev–Trinajstić information content (AvgIpc) is 2.46. The highest BCUT2D eigenvalue weighted by molar-refractivity contribution is 7.21. The van der Waals surface area contributed by atoms with E-state index in [0.717, 1.165) is 25.5 Å². The number of thiophene rings is 1. The molecule has 0 saturated heterocycles. The first-order valence-corrected chi connectivity index (χ1v) is 5.49. The average molecular weight is 225 g/mol. The van der Waals surface area contributed by atoms with Crippen LogP contribution in [0.1, 0.15) is 22.2 Å². The van der Waals surface area contributed by atoms with Crippen molar-refractivity contribution >= 4 is 38.8 Å². The molecule has 2 aromatic rings. The highest BCUT2D eigenvalue weighted by atomic mass is 35.5. The summed E-state index contributed by atoms with van der Waals surface area (Å²) in [6.45, 7) is 3.55. The number of hydrogen-bond donors (Lipinski definition) is 0. The largest absolute Gasteiger partial charge is 0.294 e. The van der Waals surface area contributed by atoms with Crippen LogP contribution < -0.4 is 0 Å². The minimum atomic E-state index is 0.111. The van der Waals surface area contributed by atoms with E-state index < -0.39 is 0 Å². The smallest absolute Gasteiger partial charge is 0.170 e. The van der Waals surface area contributed by atoms with Gasteiger partial charge in [-0.1, -0.05) is 23.7 Å². The number of aryl methyl sites for hydroxylation is 1. The molecule has 0 aliphatic heterocycles. The molecule has 2 rings (SSSR count). The lowest BCUT2D eigenvalue weighted by Gasteiger charge is -1.92. The molecular weight excluding hydrogens is 216 g/mol. The molecule has 3 heteroatoms. The van der Waals surface area contributed by atoms with Gasteiger partial charge in [-0.3, -0.25) is 4.79 Å². The Morgan fingerprint density at radius 1 is 1.43 bits per heavy atom. The van der Waals surface area contributed by atoms with Crippen LogP contribution in [0.3, 0.4) is 0 Å². The van der Waals surface area contributed by atoms with Crippen molar-refractivity contribution in [2.75, 3.05) is 0 Å². The molecule has 72 valence electrons. The molecule has 0 saturated carbocycles. The van der Waals surface area contributed by atoms with Crippen LogP contribution in [0.2, 0.25) is 5.02 Å². The van der Waals surface area contributed by atoms with Crippen LogP contribution in [0.4, 0.5) is 0 Å². The number of hydrogen-bond acceptors (Lipinski definition) is 2. The van der Waals surface area contributed by atoms with Crippen LogP contribution in [0.15, 0.2) is 18.2 Å². The fourth-order valence-corrected chi connectivity index (χ4v) is 2.94. The highest BCUT2D eigenvalue weighted by Gasteiger charge is 2.13. The van der Waals surface area contributed by atoms with Gasteiger partial charge in [0.05, 0.1) is 14.6 Å². The van der Waals surface area contributed by atoms with Gasteiger partial charge in [-0.05, 0) is 30.9 Å². The Morgan fingerprint density at radius 2 is 2.14 bits per heavy atom. The van der Waals surface area contributed by atoms with Gasteiger partial charge in [0.2, 0.25) is 0 Å². The second-order valence-corrected chi connectivity index (χ2v) is 4.66. The van der Waals surface area contributed by atoms with Crippen molar-refractivity contribution in [2.24, 2.45) is 0 Å². The minimum Gasteiger partial charge on any atom is -0.294 e. The molecule has 0 unspecified atom stereocenters. The van der Waals surface area contributed by atoms with Crippen LogP contribution in [-0.2, 0) is 0 Å². The Bertz CT molecular complexity index is 513. The first-order valence-electron chi connectivity index (χ1n) is 4.30. The Morgan fingerprint density at radius 3 is 2.71 bits per heavy atom. The zero-order valence-corrected chi connectivity index (χ0v) is 9.50. The highest BCUT2D eigenvalue weighted by Crippen LogP contribution is 2.35. The quantitative estimate of drug-likeness (QED) is 0.668. The molecule has 0 fully saturated rings. The van der Waals surface area contributed by atoms with Gasteiger partial charge in [0, 0.05) is 0 Å². The molecule has 0 aliphatic carbocycles. The van der Waals surface area contributed by atoms with Crippen molar-refractivity contribution in [3.05, 3.63) is 33.7 Å². The number of benzene rings is 1. The molecule has 0 radical (unpaired) electrons. The van der Waals surface area contributed by atoms with Crippen molar-refractivity contribution in [3.8, 4) is 0 Å². The van der Waals surface area contributed by atoms with Gasteiger partial charge in [-0.2, -0.15) is 0 Å². The van der Waals surface area contributed by atoms with Crippen molar-refractivity contribution in [2.45, 2.75) is 13.8 Å². The van der Waals surface area contributed by atoms with Gasteiger partial charge in [-0.15, -0.1) is 11.3 Å². The minimum absolute atomic E-state index is 0.111. The van der Waals surface area contributed by atoms with E-state index in [4.69, 9.17) is 11.6 Å². The number of halogens is 1. The summed E-state index contributed by atoms with van der Waals surface area (Å²) in [5.74, 6) is 0.111. The van der Waals surface area contributed by atoms with E-state index in [-0.39, 0.29) is 5.78 Å². The molecule has 1 heterocycles. The summed E-state index contributed by atoms with van der Waals surface area (Å²) in [5, 5.41) is 1.82. The normalized spacial score (nSPS) is 10.8. The van der Waals surface area contributed by atoms with Gasteiger partial charge >= 0.3 is 0 Å². The van der Waals surface area contributed by atoms with E-state index in [1.165, 1.54) is 11.3 Å². The van der Waals surface area contributed by atoms with Crippen molar-refractivity contribution in [3.63, 3.8) is 0 Å². The molecular formula is C11H9ClOS. The van der Waals surface area contributed by atoms with Crippen molar-refractivity contribution in [1.29, 1.82) is 0 Å². The predicted molar refractivity (Wildman–Crippen MR) is 61.6 cm³/mol. The van der Waals surface area contributed by atoms with Gasteiger partial charge in [0.1, 0.15) is 0 Å². The fourth-order valence-electron chi connectivity index (χ4n) is 1.54. The maximum Gasteiger partial charge on any atom is 0.170 e. The summed E-state index contributed by atoms with van der Waals surface area (Å²) in [4.78, 5) is 12.1. The molecule has 0 amide bonds. The molecule has 0 aliphatic rings. The lowest BCUT2D eigenvalue weighted by atomic mass is 10.1. The van der Waals surface area contributed by atoms with Crippen LogP contribution in [0, 0.1) is 6.92 Å². The second-order valence-electron chi connectivity index (χ2n) is 3.23. The Labute approximate surface area is 91.3 Å². The van der Waals surface area contributed by atoms with Crippen LogP contribution in [0.25, 0.3) is 10.1 Å². The Balaban J connectivity index is 2.86. The maximum atomic E-state index is 11.3. The number of Topliss-reactive ketones (excluding diaryl/α,β-unsaturated/α-hetero) is 1. The summed E-state index contributed by atoms with van der Waals surface area (Å²) in [5.41, 5.74) is 1.04.